The van der Waals surface area contributed by atoms with Gasteiger partial charge in [0.1, 0.15) is 5.82 Å². The van der Waals surface area contributed by atoms with Crippen LogP contribution < -0.4 is 4.90 Å². The summed E-state index contributed by atoms with van der Waals surface area (Å²) in [6.45, 7) is 1.44. The highest BCUT2D eigenvalue weighted by atomic mass is 35.5. The molecule has 1 fully saturated rings. The van der Waals surface area contributed by atoms with E-state index in [1.54, 1.807) is 6.20 Å². The van der Waals surface area contributed by atoms with Crippen molar-refractivity contribution in [3.05, 3.63) is 59.2 Å². The summed E-state index contributed by atoms with van der Waals surface area (Å²) in [5.41, 5.74) is 0.366. The van der Waals surface area contributed by atoms with Crippen molar-refractivity contribution in [3.8, 4) is 0 Å². The Morgan fingerprint density at radius 3 is 2.90 bits per heavy atom. The maximum absolute atomic E-state index is 10.8. The third kappa shape index (κ3) is 2.94. The maximum atomic E-state index is 10.8. The fraction of sp³-hybridized carbons (Fsp3) is 0.312. The summed E-state index contributed by atoms with van der Waals surface area (Å²) in [6, 6.07) is 13.5. The molecule has 1 aliphatic rings. The number of anilines is 1. The zero-order chi connectivity index (χ0) is 14.0. The lowest BCUT2D eigenvalue weighted by Crippen LogP contribution is -2.35. The zero-order valence-electron chi connectivity index (χ0n) is 11.2. The number of aromatic nitrogens is 1. The largest absolute Gasteiger partial charge is 0.388 e. The minimum absolute atomic E-state index is 0.608. The van der Waals surface area contributed by atoms with E-state index in [9.17, 15) is 5.11 Å². The van der Waals surface area contributed by atoms with Crippen LogP contribution in [0.25, 0.3) is 0 Å². The molecule has 1 N–H and O–H groups in total. The van der Waals surface area contributed by atoms with E-state index in [-0.39, 0.29) is 0 Å². The van der Waals surface area contributed by atoms with E-state index in [0.717, 1.165) is 24.3 Å². The Bertz CT molecular complexity index is 590. The molecule has 0 amide bonds. The fourth-order valence-electron chi connectivity index (χ4n) is 2.76. The molecule has 3 nitrogen and oxygen atoms in total. The van der Waals surface area contributed by atoms with Crippen LogP contribution in [-0.2, 0) is 6.42 Å². The smallest absolute Gasteiger partial charge is 0.128 e. The number of benzene rings is 1. The number of hydrogen-bond acceptors (Lipinski definition) is 3. The van der Waals surface area contributed by atoms with E-state index >= 15 is 0 Å². The lowest BCUT2D eigenvalue weighted by molar-refractivity contribution is 0.0637. The highest BCUT2D eigenvalue weighted by molar-refractivity contribution is 6.30. The molecule has 0 bridgehead atoms. The lowest BCUT2D eigenvalue weighted by Gasteiger charge is -2.24. The monoisotopic (exact) mass is 288 g/mol. The molecule has 2 heterocycles. The van der Waals surface area contributed by atoms with Crippen molar-refractivity contribution in [2.45, 2.75) is 18.4 Å². The molecule has 0 saturated carbocycles. The number of hydrogen-bond donors (Lipinski definition) is 1. The summed E-state index contributed by atoms with van der Waals surface area (Å²) in [4.78, 5) is 6.47. The Hall–Kier alpha value is -1.58. The summed E-state index contributed by atoms with van der Waals surface area (Å²) < 4.78 is 0. The van der Waals surface area contributed by atoms with Gasteiger partial charge in [-0.25, -0.2) is 4.98 Å². The molecular formula is C16H17ClN2O. The molecule has 1 aromatic heterocycles. The Morgan fingerprint density at radius 2 is 2.15 bits per heavy atom. The summed E-state index contributed by atoms with van der Waals surface area (Å²) in [5, 5.41) is 11.5. The molecule has 1 saturated heterocycles. The molecule has 0 unspecified atom stereocenters. The van der Waals surface area contributed by atoms with E-state index in [1.807, 2.05) is 42.5 Å². The standard InChI is InChI=1S/C16H17ClN2O/c17-14-5-3-4-13(10-14)11-16(20)7-9-19(12-16)15-6-1-2-8-18-15/h1-6,8,10,20H,7,9,11-12H2/t16-/m0/s1. The predicted octanol–water partition coefficient (Wildman–Crippen LogP) is 2.92. The first-order chi connectivity index (χ1) is 9.65. The summed E-state index contributed by atoms with van der Waals surface area (Å²) in [7, 11) is 0. The van der Waals surface area contributed by atoms with Gasteiger partial charge in [-0.1, -0.05) is 29.8 Å². The average molecular weight is 289 g/mol. The van der Waals surface area contributed by atoms with Crippen LogP contribution in [0.2, 0.25) is 5.02 Å². The van der Waals surface area contributed by atoms with Crippen LogP contribution in [-0.4, -0.2) is 28.8 Å². The van der Waals surface area contributed by atoms with Crippen molar-refractivity contribution in [2.75, 3.05) is 18.0 Å². The number of rotatable bonds is 3. The molecule has 20 heavy (non-hydrogen) atoms. The zero-order valence-corrected chi connectivity index (χ0v) is 11.9. The normalized spacial score (nSPS) is 22.2. The first-order valence-electron chi connectivity index (χ1n) is 6.77. The summed E-state index contributed by atoms with van der Waals surface area (Å²) >= 11 is 6.00. The van der Waals surface area contributed by atoms with E-state index in [2.05, 4.69) is 9.88 Å². The Labute approximate surface area is 123 Å². The number of nitrogens with zero attached hydrogens (tertiary/aromatic N) is 2. The first kappa shape index (κ1) is 13.4. The van der Waals surface area contributed by atoms with Gasteiger partial charge in [-0.15, -0.1) is 0 Å². The minimum Gasteiger partial charge on any atom is -0.388 e. The third-order valence-corrected chi connectivity index (χ3v) is 3.96. The van der Waals surface area contributed by atoms with Gasteiger partial charge in [0.15, 0.2) is 0 Å². The van der Waals surface area contributed by atoms with Gasteiger partial charge >= 0.3 is 0 Å². The molecule has 2 aromatic rings. The maximum Gasteiger partial charge on any atom is 0.128 e. The predicted molar refractivity (Wildman–Crippen MR) is 81.2 cm³/mol. The molecule has 104 valence electrons. The minimum atomic E-state index is -0.706. The van der Waals surface area contributed by atoms with Crippen molar-refractivity contribution in [1.82, 2.24) is 4.98 Å². The summed E-state index contributed by atoms with van der Waals surface area (Å²) in [5.74, 6) is 0.925. The molecule has 1 aliphatic heterocycles. The molecular weight excluding hydrogens is 272 g/mol. The van der Waals surface area contributed by atoms with Crippen LogP contribution in [0.3, 0.4) is 0 Å². The van der Waals surface area contributed by atoms with Gasteiger partial charge in [0.2, 0.25) is 0 Å². The van der Waals surface area contributed by atoms with Gasteiger partial charge in [-0.2, -0.15) is 0 Å². The highest BCUT2D eigenvalue weighted by Crippen LogP contribution is 2.29. The van der Waals surface area contributed by atoms with Crippen molar-refractivity contribution in [1.29, 1.82) is 0 Å². The van der Waals surface area contributed by atoms with Crippen LogP contribution in [0.15, 0.2) is 48.7 Å². The number of halogens is 1. The first-order valence-corrected chi connectivity index (χ1v) is 7.15. The van der Waals surface area contributed by atoms with Crippen LogP contribution >= 0.6 is 11.6 Å². The van der Waals surface area contributed by atoms with Crippen molar-refractivity contribution in [3.63, 3.8) is 0 Å². The summed E-state index contributed by atoms with van der Waals surface area (Å²) in [6.07, 6.45) is 3.15. The third-order valence-electron chi connectivity index (χ3n) is 3.73. The van der Waals surface area contributed by atoms with Crippen molar-refractivity contribution >= 4 is 17.4 Å². The number of β-amino-alcohol motifs (C(OH)–C–C–N with tert-alkyl or cyclic N) is 1. The van der Waals surface area contributed by atoms with Gasteiger partial charge < -0.3 is 10.0 Å². The molecule has 0 aliphatic carbocycles. The fourth-order valence-corrected chi connectivity index (χ4v) is 2.98. The van der Waals surface area contributed by atoms with Gasteiger partial charge in [-0.05, 0) is 36.2 Å². The molecule has 1 aromatic carbocycles. The van der Waals surface area contributed by atoms with Crippen LogP contribution in [0.4, 0.5) is 5.82 Å². The van der Waals surface area contributed by atoms with Crippen molar-refractivity contribution in [2.24, 2.45) is 0 Å². The average Bonchev–Trinajstić information content (AvgIpc) is 2.82. The van der Waals surface area contributed by atoms with E-state index in [0.29, 0.717) is 18.0 Å². The van der Waals surface area contributed by atoms with Crippen LogP contribution in [0, 0.1) is 0 Å². The molecule has 3 rings (SSSR count). The molecule has 0 spiro atoms. The quantitative estimate of drug-likeness (QED) is 0.943. The highest BCUT2D eigenvalue weighted by Gasteiger charge is 2.36. The van der Waals surface area contributed by atoms with Gasteiger partial charge in [-0.3, -0.25) is 0 Å². The van der Waals surface area contributed by atoms with Crippen molar-refractivity contribution < 1.29 is 5.11 Å². The number of pyridine rings is 1. The van der Waals surface area contributed by atoms with Crippen LogP contribution in [0.1, 0.15) is 12.0 Å². The SMILES string of the molecule is O[C@]1(Cc2cccc(Cl)c2)CCN(c2ccccn2)C1. The van der Waals surface area contributed by atoms with Gasteiger partial charge in [0.05, 0.1) is 5.60 Å². The van der Waals surface area contributed by atoms with Gasteiger partial charge in [0, 0.05) is 30.7 Å². The second kappa shape index (κ2) is 5.43. The Kier molecular flexibility index (Phi) is 3.64. The Balaban J connectivity index is 1.72. The molecule has 0 radical (unpaired) electrons. The number of aliphatic hydroxyl groups is 1. The van der Waals surface area contributed by atoms with E-state index < -0.39 is 5.60 Å². The Morgan fingerprint density at radius 1 is 1.25 bits per heavy atom. The molecule has 4 heteroatoms. The lowest BCUT2D eigenvalue weighted by atomic mass is 9.94. The van der Waals surface area contributed by atoms with Crippen LogP contribution in [0.5, 0.6) is 0 Å². The second-order valence-corrected chi connectivity index (χ2v) is 5.83. The van der Waals surface area contributed by atoms with Gasteiger partial charge in [0.25, 0.3) is 0 Å². The molecule has 1 atom stereocenters. The second-order valence-electron chi connectivity index (χ2n) is 5.39. The topological polar surface area (TPSA) is 36.4 Å². The van der Waals surface area contributed by atoms with E-state index in [1.165, 1.54) is 0 Å². The van der Waals surface area contributed by atoms with E-state index in [4.69, 9.17) is 11.6 Å².